The largest absolute Gasteiger partial charge is 0.297 e. The minimum atomic E-state index is -0.414. The number of nitrogens with zero attached hydrogens (tertiary/aromatic N) is 4. The summed E-state index contributed by atoms with van der Waals surface area (Å²) in [5.41, 5.74) is 0.143. The van der Waals surface area contributed by atoms with Crippen molar-refractivity contribution in [3.05, 3.63) is 50.9 Å². The summed E-state index contributed by atoms with van der Waals surface area (Å²) in [5.74, 6) is 0.0846. The van der Waals surface area contributed by atoms with Crippen molar-refractivity contribution in [3.63, 3.8) is 0 Å². The van der Waals surface area contributed by atoms with Crippen LogP contribution in [0.1, 0.15) is 36.8 Å². The van der Waals surface area contributed by atoms with Crippen LogP contribution in [0.2, 0.25) is 5.02 Å². The minimum Gasteiger partial charge on any atom is -0.293 e. The summed E-state index contributed by atoms with van der Waals surface area (Å²) in [6, 6.07) is 6.91. The summed E-state index contributed by atoms with van der Waals surface area (Å²) in [7, 11) is 0. The Bertz CT molecular complexity index is 1010. The smallest absolute Gasteiger partial charge is 0.293 e. The maximum absolute atomic E-state index is 12.5. The van der Waals surface area contributed by atoms with Gasteiger partial charge in [-0.2, -0.15) is 4.52 Å². The molecule has 0 fully saturated rings. The average Bonchev–Trinajstić information content (AvgIpc) is 2.96. The van der Waals surface area contributed by atoms with Gasteiger partial charge in [0.25, 0.3) is 5.56 Å². The summed E-state index contributed by atoms with van der Waals surface area (Å²) >= 11 is 8.52. The van der Waals surface area contributed by atoms with Crippen LogP contribution in [0.3, 0.4) is 0 Å². The summed E-state index contributed by atoms with van der Waals surface area (Å²) in [5, 5.41) is 12.8. The van der Waals surface area contributed by atoms with E-state index in [1.54, 1.807) is 24.3 Å². The lowest BCUT2D eigenvalue weighted by Gasteiger charge is -2.14. The monoisotopic (exact) mass is 394 g/mol. The van der Waals surface area contributed by atoms with E-state index in [2.05, 4.69) is 15.3 Å². The summed E-state index contributed by atoms with van der Waals surface area (Å²) < 4.78 is 1.83. The van der Waals surface area contributed by atoms with Crippen LogP contribution in [-0.4, -0.2) is 31.3 Å². The molecule has 9 heteroatoms. The average molecular weight is 395 g/mol. The molecular formula is C16H15ClN4O2S2. The van der Waals surface area contributed by atoms with Crippen LogP contribution in [0.5, 0.6) is 0 Å². The number of carbonyl (C=O) groups is 1. The second-order valence-electron chi connectivity index (χ2n) is 6.36. The fraction of sp³-hybridized carbons (Fsp3) is 0.312. The number of carbonyl (C=O) groups excluding carboxylic acids is 1. The number of aromatic nitrogens is 4. The molecule has 0 N–H and O–H groups in total. The van der Waals surface area contributed by atoms with Crippen LogP contribution >= 0.6 is 34.7 Å². The fourth-order valence-electron chi connectivity index (χ4n) is 2.12. The van der Waals surface area contributed by atoms with Crippen LogP contribution in [0.25, 0.3) is 4.96 Å². The molecule has 1 aromatic carbocycles. The Morgan fingerprint density at radius 3 is 2.68 bits per heavy atom. The third-order valence-electron chi connectivity index (χ3n) is 3.38. The van der Waals surface area contributed by atoms with Gasteiger partial charge in [0.2, 0.25) is 4.96 Å². The number of halogens is 1. The van der Waals surface area contributed by atoms with Crippen molar-refractivity contribution in [2.24, 2.45) is 0 Å². The maximum atomic E-state index is 12.5. The summed E-state index contributed by atoms with van der Waals surface area (Å²) in [6.07, 6.45) is 0. The number of thioether (sulfide) groups is 1. The van der Waals surface area contributed by atoms with Gasteiger partial charge >= 0.3 is 0 Å². The number of hydrogen-bond donors (Lipinski definition) is 0. The van der Waals surface area contributed by atoms with Crippen LogP contribution in [-0.2, 0) is 5.41 Å². The van der Waals surface area contributed by atoms with Crippen molar-refractivity contribution in [1.29, 1.82) is 0 Å². The lowest BCUT2D eigenvalue weighted by atomic mass is 9.93. The molecule has 130 valence electrons. The third-order valence-corrected chi connectivity index (χ3v) is 5.75. The van der Waals surface area contributed by atoms with Gasteiger partial charge in [0.1, 0.15) is 5.69 Å². The van der Waals surface area contributed by atoms with E-state index in [1.165, 1.54) is 27.6 Å². The predicted molar refractivity (Wildman–Crippen MR) is 100 cm³/mol. The van der Waals surface area contributed by atoms with E-state index in [0.29, 0.717) is 25.6 Å². The fourth-order valence-corrected chi connectivity index (χ4v) is 4.12. The Morgan fingerprint density at radius 2 is 2.00 bits per heavy atom. The first kappa shape index (κ1) is 18.0. The van der Waals surface area contributed by atoms with Gasteiger partial charge in [0.05, 0.1) is 10.8 Å². The molecule has 3 rings (SSSR count). The molecular weight excluding hydrogens is 380 g/mol. The Morgan fingerprint density at radius 1 is 1.28 bits per heavy atom. The molecule has 0 saturated carbocycles. The van der Waals surface area contributed by atoms with Crippen LogP contribution in [0, 0.1) is 0 Å². The molecule has 0 amide bonds. The lowest BCUT2D eigenvalue weighted by molar-refractivity contribution is 0.102. The van der Waals surface area contributed by atoms with E-state index in [0.717, 1.165) is 0 Å². The quantitative estimate of drug-likeness (QED) is 0.498. The van der Waals surface area contributed by atoms with Crippen LogP contribution in [0.4, 0.5) is 0 Å². The zero-order valence-electron chi connectivity index (χ0n) is 13.8. The molecule has 0 radical (unpaired) electrons. The van der Waals surface area contributed by atoms with E-state index in [1.807, 2.05) is 20.8 Å². The van der Waals surface area contributed by atoms with Crippen molar-refractivity contribution in [1.82, 2.24) is 19.8 Å². The third kappa shape index (κ3) is 3.75. The van der Waals surface area contributed by atoms with Crippen molar-refractivity contribution >= 4 is 45.4 Å². The van der Waals surface area contributed by atoms with E-state index >= 15 is 0 Å². The van der Waals surface area contributed by atoms with Crippen molar-refractivity contribution < 1.29 is 4.79 Å². The maximum Gasteiger partial charge on any atom is 0.297 e. The second kappa shape index (κ2) is 6.86. The van der Waals surface area contributed by atoms with Gasteiger partial charge in [-0.15, -0.1) is 15.3 Å². The highest BCUT2D eigenvalue weighted by Gasteiger charge is 2.23. The van der Waals surface area contributed by atoms with E-state index < -0.39 is 5.41 Å². The minimum absolute atomic E-state index is 0.0938. The van der Waals surface area contributed by atoms with Crippen molar-refractivity contribution in [2.45, 2.75) is 30.5 Å². The highest BCUT2D eigenvalue weighted by molar-refractivity contribution is 8.01. The summed E-state index contributed by atoms with van der Waals surface area (Å²) in [4.78, 5) is 25.2. The van der Waals surface area contributed by atoms with Crippen LogP contribution in [0.15, 0.2) is 33.4 Å². The molecule has 2 heterocycles. The van der Waals surface area contributed by atoms with Gasteiger partial charge in [-0.1, -0.05) is 67.6 Å². The van der Waals surface area contributed by atoms with Gasteiger partial charge in [0, 0.05) is 11.0 Å². The molecule has 3 aromatic rings. The molecule has 0 unspecified atom stereocenters. The molecule has 6 nitrogen and oxygen atoms in total. The first-order chi connectivity index (χ1) is 11.8. The lowest BCUT2D eigenvalue weighted by Crippen LogP contribution is -2.30. The number of rotatable bonds is 4. The second-order valence-corrected chi connectivity index (χ2v) is 8.94. The zero-order chi connectivity index (χ0) is 18.2. The first-order valence-electron chi connectivity index (χ1n) is 7.45. The first-order valence-corrected chi connectivity index (χ1v) is 9.63. The Labute approximate surface area is 157 Å². The van der Waals surface area contributed by atoms with Gasteiger partial charge < -0.3 is 0 Å². The molecule has 2 aromatic heterocycles. The van der Waals surface area contributed by atoms with E-state index in [9.17, 15) is 9.59 Å². The van der Waals surface area contributed by atoms with Gasteiger partial charge in [-0.3, -0.25) is 9.59 Å². The number of benzene rings is 1. The normalized spacial score (nSPS) is 11.8. The Hall–Kier alpha value is -1.77. The molecule has 0 spiro atoms. The molecule has 0 bridgehead atoms. The molecule has 0 aliphatic rings. The number of hydrogen-bond acceptors (Lipinski definition) is 7. The number of ketones is 1. The standard InChI is InChI=1S/C16H15ClN4O2S2/c1-16(2,3)12-13(23)21-14(19-18-12)25-15(20-21)24-8-11(22)9-6-4-5-7-10(9)17/h4-7H,8H2,1-3H3. The highest BCUT2D eigenvalue weighted by atomic mass is 35.5. The Kier molecular flexibility index (Phi) is 4.95. The summed E-state index contributed by atoms with van der Waals surface area (Å²) in [6.45, 7) is 5.69. The van der Waals surface area contributed by atoms with Crippen molar-refractivity contribution in [2.75, 3.05) is 5.75 Å². The zero-order valence-corrected chi connectivity index (χ0v) is 16.2. The van der Waals surface area contributed by atoms with Crippen LogP contribution < -0.4 is 5.56 Å². The highest BCUT2D eigenvalue weighted by Crippen LogP contribution is 2.26. The van der Waals surface area contributed by atoms with Gasteiger partial charge in [-0.25, -0.2) is 0 Å². The van der Waals surface area contributed by atoms with E-state index in [4.69, 9.17) is 11.6 Å². The van der Waals surface area contributed by atoms with E-state index in [-0.39, 0.29) is 17.1 Å². The molecule has 0 atom stereocenters. The molecule has 0 saturated heterocycles. The van der Waals surface area contributed by atoms with Gasteiger partial charge in [-0.05, 0) is 12.1 Å². The SMILES string of the molecule is CC(C)(C)c1nnc2sc(SCC(=O)c3ccccc3Cl)nn2c1=O. The number of Topliss-reactive ketones (excluding diaryl/α,β-unsaturated/α-hetero) is 1. The Balaban J connectivity index is 1.84. The number of fused-ring (bicyclic) bond motifs is 1. The topological polar surface area (TPSA) is 77.2 Å². The molecule has 0 aliphatic carbocycles. The molecule has 25 heavy (non-hydrogen) atoms. The molecule has 0 aliphatic heterocycles. The van der Waals surface area contributed by atoms with Crippen molar-refractivity contribution in [3.8, 4) is 0 Å². The predicted octanol–water partition coefficient (Wildman–Crippen LogP) is 3.47. The van der Waals surface area contributed by atoms with Gasteiger partial charge in [0.15, 0.2) is 10.1 Å².